The Hall–Kier alpha value is -0.340. The fourth-order valence-corrected chi connectivity index (χ4v) is 3.79. The Bertz CT molecular complexity index is 293. The molecule has 0 aromatic carbocycles. The molecule has 0 aromatic rings. The maximum atomic E-state index is 10.6. The molecule has 2 fully saturated rings. The van der Waals surface area contributed by atoms with Gasteiger partial charge in [-0.1, -0.05) is 12.2 Å². The zero-order valence-corrected chi connectivity index (χ0v) is 10.6. The van der Waals surface area contributed by atoms with Gasteiger partial charge in [0, 0.05) is 6.61 Å². The van der Waals surface area contributed by atoms with E-state index < -0.39 is 0 Å². The van der Waals surface area contributed by atoms with Gasteiger partial charge in [-0.3, -0.25) is 0 Å². The highest BCUT2D eigenvalue weighted by atomic mass is 16.5. The Balaban J connectivity index is 1.60. The van der Waals surface area contributed by atoms with Crippen molar-refractivity contribution in [1.29, 1.82) is 0 Å². The van der Waals surface area contributed by atoms with Gasteiger partial charge in [-0.05, 0) is 63.2 Å². The van der Waals surface area contributed by atoms with E-state index in [9.17, 15) is 5.11 Å². The molecule has 0 aromatic heterocycles. The smallest absolute Gasteiger partial charge is 0.0686 e. The van der Waals surface area contributed by atoms with Gasteiger partial charge in [-0.15, -0.1) is 0 Å². The van der Waals surface area contributed by atoms with Crippen LogP contribution in [0.25, 0.3) is 0 Å². The van der Waals surface area contributed by atoms with Crippen molar-refractivity contribution in [2.75, 3.05) is 6.61 Å². The molecular formula is C15H24O2. The van der Waals surface area contributed by atoms with Gasteiger partial charge in [0.2, 0.25) is 0 Å². The summed E-state index contributed by atoms with van der Waals surface area (Å²) in [7, 11) is 0. The van der Waals surface area contributed by atoms with Crippen LogP contribution in [-0.4, -0.2) is 23.4 Å². The molecule has 1 spiro atoms. The quantitative estimate of drug-likeness (QED) is 0.747. The van der Waals surface area contributed by atoms with Gasteiger partial charge in [0.05, 0.1) is 11.7 Å². The summed E-state index contributed by atoms with van der Waals surface area (Å²) in [6.07, 6.45) is 13.7. The Kier molecular flexibility index (Phi) is 3.27. The first-order valence-electron chi connectivity index (χ1n) is 7.26. The van der Waals surface area contributed by atoms with Crippen molar-refractivity contribution in [3.63, 3.8) is 0 Å². The molecule has 3 atom stereocenters. The van der Waals surface area contributed by atoms with Gasteiger partial charge in [-0.2, -0.15) is 0 Å². The van der Waals surface area contributed by atoms with E-state index in [1.807, 2.05) is 0 Å². The number of hydrogen-bond acceptors (Lipinski definition) is 2. The normalized spacial score (nSPS) is 37.7. The standard InChI is InChI=1S/C15H24O2/c16-14(12-5-2-1-3-6-12)13-7-10-17-15(11-13)8-4-9-15/h1-2,12-14,16H,3-11H2. The summed E-state index contributed by atoms with van der Waals surface area (Å²) in [5.41, 5.74) is 0.175. The lowest BCUT2D eigenvalue weighted by atomic mass is 9.68. The number of hydrogen-bond donors (Lipinski definition) is 1. The molecule has 1 aliphatic heterocycles. The number of rotatable bonds is 2. The molecule has 1 saturated carbocycles. The van der Waals surface area contributed by atoms with E-state index in [-0.39, 0.29) is 11.7 Å². The maximum Gasteiger partial charge on any atom is 0.0686 e. The molecule has 0 bridgehead atoms. The zero-order chi connectivity index (χ0) is 11.7. The van der Waals surface area contributed by atoms with Crippen LogP contribution in [0.4, 0.5) is 0 Å². The third-order valence-electron chi connectivity index (χ3n) is 5.07. The minimum absolute atomic E-state index is 0.0960. The monoisotopic (exact) mass is 236 g/mol. The Labute approximate surface area is 104 Å². The van der Waals surface area contributed by atoms with Gasteiger partial charge in [-0.25, -0.2) is 0 Å². The van der Waals surface area contributed by atoms with Crippen molar-refractivity contribution in [1.82, 2.24) is 0 Å². The molecule has 3 rings (SSSR count). The van der Waals surface area contributed by atoms with Crippen LogP contribution in [0.3, 0.4) is 0 Å². The van der Waals surface area contributed by atoms with Crippen molar-refractivity contribution in [3.8, 4) is 0 Å². The molecule has 3 unspecified atom stereocenters. The summed E-state index contributed by atoms with van der Waals surface area (Å²) in [4.78, 5) is 0. The molecule has 17 heavy (non-hydrogen) atoms. The average molecular weight is 236 g/mol. The van der Waals surface area contributed by atoms with Crippen molar-refractivity contribution in [3.05, 3.63) is 12.2 Å². The van der Waals surface area contributed by atoms with Gasteiger partial charge in [0.15, 0.2) is 0 Å². The van der Waals surface area contributed by atoms with Crippen LogP contribution < -0.4 is 0 Å². The number of ether oxygens (including phenoxy) is 1. The van der Waals surface area contributed by atoms with E-state index in [1.165, 1.54) is 25.7 Å². The minimum atomic E-state index is -0.0960. The van der Waals surface area contributed by atoms with Crippen LogP contribution in [-0.2, 0) is 4.74 Å². The minimum Gasteiger partial charge on any atom is -0.393 e. The molecule has 3 aliphatic rings. The molecule has 1 saturated heterocycles. The van der Waals surface area contributed by atoms with Gasteiger partial charge >= 0.3 is 0 Å². The summed E-state index contributed by atoms with van der Waals surface area (Å²) >= 11 is 0. The van der Waals surface area contributed by atoms with Crippen molar-refractivity contribution in [2.24, 2.45) is 11.8 Å². The predicted molar refractivity (Wildman–Crippen MR) is 67.7 cm³/mol. The first kappa shape index (κ1) is 11.7. The second-order valence-corrected chi connectivity index (χ2v) is 6.17. The lowest BCUT2D eigenvalue weighted by molar-refractivity contribution is -0.161. The summed E-state index contributed by atoms with van der Waals surface area (Å²) in [5.74, 6) is 0.987. The van der Waals surface area contributed by atoms with Crippen molar-refractivity contribution in [2.45, 2.75) is 63.1 Å². The molecule has 2 aliphatic carbocycles. The van der Waals surface area contributed by atoms with E-state index in [1.54, 1.807) is 0 Å². The zero-order valence-electron chi connectivity index (χ0n) is 10.6. The Morgan fingerprint density at radius 2 is 2.06 bits per heavy atom. The van der Waals surface area contributed by atoms with Crippen molar-refractivity contribution >= 4 is 0 Å². The summed E-state index contributed by atoms with van der Waals surface area (Å²) < 4.78 is 5.94. The van der Waals surface area contributed by atoms with E-state index in [2.05, 4.69) is 12.2 Å². The summed E-state index contributed by atoms with van der Waals surface area (Å²) in [5, 5.41) is 10.6. The molecular weight excluding hydrogens is 212 g/mol. The van der Waals surface area contributed by atoms with Gasteiger partial charge in [0.1, 0.15) is 0 Å². The Morgan fingerprint density at radius 3 is 2.71 bits per heavy atom. The van der Waals surface area contributed by atoms with Crippen LogP contribution >= 0.6 is 0 Å². The SMILES string of the molecule is OC(C1CC=CCC1)C1CCOC2(CCC2)C1. The van der Waals surface area contributed by atoms with Crippen LogP contribution in [0.15, 0.2) is 12.2 Å². The third-order valence-corrected chi connectivity index (χ3v) is 5.07. The fourth-order valence-electron chi connectivity index (χ4n) is 3.79. The largest absolute Gasteiger partial charge is 0.393 e. The highest BCUT2D eigenvalue weighted by Crippen LogP contribution is 2.46. The van der Waals surface area contributed by atoms with Crippen LogP contribution in [0.1, 0.15) is 51.4 Å². The molecule has 0 amide bonds. The number of aliphatic hydroxyl groups excluding tert-OH is 1. The van der Waals surface area contributed by atoms with Crippen LogP contribution in [0.2, 0.25) is 0 Å². The average Bonchev–Trinajstić information content (AvgIpc) is 2.37. The van der Waals surface area contributed by atoms with Gasteiger partial charge in [0.25, 0.3) is 0 Å². The van der Waals surface area contributed by atoms with Crippen LogP contribution in [0, 0.1) is 11.8 Å². The lowest BCUT2D eigenvalue weighted by Gasteiger charge is -2.49. The molecule has 2 nitrogen and oxygen atoms in total. The van der Waals surface area contributed by atoms with Gasteiger partial charge < -0.3 is 9.84 Å². The maximum absolute atomic E-state index is 10.6. The summed E-state index contributed by atoms with van der Waals surface area (Å²) in [6, 6.07) is 0. The topological polar surface area (TPSA) is 29.5 Å². The van der Waals surface area contributed by atoms with Crippen LogP contribution in [0.5, 0.6) is 0 Å². The van der Waals surface area contributed by atoms with E-state index in [0.29, 0.717) is 11.8 Å². The van der Waals surface area contributed by atoms with E-state index in [4.69, 9.17) is 4.74 Å². The second kappa shape index (κ2) is 4.74. The molecule has 1 heterocycles. The van der Waals surface area contributed by atoms with E-state index in [0.717, 1.165) is 32.3 Å². The third kappa shape index (κ3) is 2.30. The highest BCUT2D eigenvalue weighted by molar-refractivity contribution is 4.98. The molecule has 2 heteroatoms. The number of aliphatic hydroxyl groups is 1. The molecule has 96 valence electrons. The van der Waals surface area contributed by atoms with Crippen molar-refractivity contribution < 1.29 is 9.84 Å². The highest BCUT2D eigenvalue weighted by Gasteiger charge is 2.45. The predicted octanol–water partition coefficient (Wildman–Crippen LogP) is 3.05. The summed E-state index contributed by atoms with van der Waals surface area (Å²) in [6.45, 7) is 0.865. The molecule has 1 N–H and O–H groups in total. The number of allylic oxidation sites excluding steroid dienone is 2. The lowest BCUT2D eigenvalue weighted by Crippen LogP contribution is -2.48. The first-order valence-corrected chi connectivity index (χ1v) is 7.26. The fraction of sp³-hybridized carbons (Fsp3) is 0.867. The molecule has 0 radical (unpaired) electrons. The second-order valence-electron chi connectivity index (χ2n) is 6.17. The van der Waals surface area contributed by atoms with E-state index >= 15 is 0 Å². The first-order chi connectivity index (χ1) is 8.29. The Morgan fingerprint density at radius 1 is 1.18 bits per heavy atom.